The zero-order chi connectivity index (χ0) is 11.6. The Kier molecular flexibility index (Phi) is 6.05. The van der Waals surface area contributed by atoms with E-state index < -0.39 is 5.97 Å². The van der Waals surface area contributed by atoms with Gasteiger partial charge < -0.3 is 4.74 Å². The smallest absolute Gasteiger partial charge is 0.385 e. The summed E-state index contributed by atoms with van der Waals surface area (Å²) in [6.07, 6.45) is 3.62. The van der Waals surface area contributed by atoms with E-state index in [9.17, 15) is 4.79 Å². The lowest BCUT2D eigenvalue weighted by Crippen LogP contribution is -2.00. The molecule has 0 amide bonds. The van der Waals surface area contributed by atoms with Crippen molar-refractivity contribution in [1.82, 2.24) is 0 Å². The maximum atomic E-state index is 11.1. The molecule has 3 heteroatoms. The standard InChI is InChI=1S/C13H11BrO2/c14-10-4-5-11-16-13(15)9-8-12-6-2-1-3-7-12/h1-7H,10-11H2/b5-4+. The fourth-order valence-corrected chi connectivity index (χ4v) is 1.20. The molecule has 0 heterocycles. The van der Waals surface area contributed by atoms with Crippen molar-refractivity contribution in [2.75, 3.05) is 11.9 Å². The molecule has 0 aliphatic rings. The van der Waals surface area contributed by atoms with Crippen LogP contribution < -0.4 is 0 Å². The van der Waals surface area contributed by atoms with Gasteiger partial charge in [-0.15, -0.1) is 0 Å². The van der Waals surface area contributed by atoms with Crippen molar-refractivity contribution in [2.24, 2.45) is 0 Å². The molecule has 16 heavy (non-hydrogen) atoms. The third kappa shape index (κ3) is 5.38. The third-order valence-electron chi connectivity index (χ3n) is 1.65. The molecule has 0 spiro atoms. The highest BCUT2D eigenvalue weighted by Gasteiger charge is 1.93. The van der Waals surface area contributed by atoms with Crippen molar-refractivity contribution in [3.63, 3.8) is 0 Å². The molecule has 0 saturated heterocycles. The Morgan fingerprint density at radius 2 is 2.06 bits per heavy atom. The van der Waals surface area contributed by atoms with E-state index in [1.807, 2.05) is 36.4 Å². The molecule has 2 nitrogen and oxygen atoms in total. The summed E-state index contributed by atoms with van der Waals surface area (Å²) in [5, 5.41) is 0.750. The predicted molar refractivity (Wildman–Crippen MR) is 67.2 cm³/mol. The summed E-state index contributed by atoms with van der Waals surface area (Å²) in [7, 11) is 0. The maximum absolute atomic E-state index is 11.1. The lowest BCUT2D eigenvalue weighted by Gasteiger charge is -1.93. The van der Waals surface area contributed by atoms with Gasteiger partial charge in [0.1, 0.15) is 6.61 Å². The van der Waals surface area contributed by atoms with Crippen LogP contribution in [0.4, 0.5) is 0 Å². The number of carbonyl (C=O) groups excluding carboxylic acids is 1. The van der Waals surface area contributed by atoms with Crippen LogP contribution in [0.25, 0.3) is 0 Å². The number of esters is 1. The summed E-state index contributed by atoms with van der Waals surface area (Å²) in [6, 6.07) is 9.31. The lowest BCUT2D eigenvalue weighted by molar-refractivity contribution is -0.135. The Bertz CT molecular complexity index is 413. The van der Waals surface area contributed by atoms with Crippen LogP contribution in [0.15, 0.2) is 42.5 Å². The fraction of sp³-hybridized carbons (Fsp3) is 0.154. The van der Waals surface area contributed by atoms with E-state index in [4.69, 9.17) is 4.74 Å². The molecule has 0 atom stereocenters. The van der Waals surface area contributed by atoms with Gasteiger partial charge >= 0.3 is 5.97 Å². The van der Waals surface area contributed by atoms with Gasteiger partial charge in [-0.05, 0) is 12.1 Å². The molecule has 0 unspecified atom stereocenters. The number of allylic oxidation sites excluding steroid dienone is 1. The molecule has 1 aromatic carbocycles. The van der Waals surface area contributed by atoms with Crippen LogP contribution in [-0.4, -0.2) is 17.9 Å². The van der Waals surface area contributed by atoms with Crippen molar-refractivity contribution in [2.45, 2.75) is 0 Å². The highest BCUT2D eigenvalue weighted by molar-refractivity contribution is 9.09. The minimum absolute atomic E-state index is 0.258. The van der Waals surface area contributed by atoms with E-state index in [1.165, 1.54) is 0 Å². The Morgan fingerprint density at radius 3 is 2.75 bits per heavy atom. The largest absolute Gasteiger partial charge is 0.452 e. The van der Waals surface area contributed by atoms with Crippen molar-refractivity contribution >= 4 is 21.9 Å². The van der Waals surface area contributed by atoms with Crippen LogP contribution in [0, 0.1) is 11.8 Å². The number of halogens is 1. The first-order valence-corrected chi connectivity index (χ1v) is 5.90. The summed E-state index contributed by atoms with van der Waals surface area (Å²) in [6.45, 7) is 0.258. The highest BCUT2D eigenvalue weighted by atomic mass is 79.9. The van der Waals surface area contributed by atoms with Gasteiger partial charge in [-0.3, -0.25) is 0 Å². The second-order valence-corrected chi connectivity index (χ2v) is 3.49. The second-order valence-electron chi connectivity index (χ2n) is 2.84. The summed E-state index contributed by atoms with van der Waals surface area (Å²) in [4.78, 5) is 11.1. The summed E-state index contributed by atoms with van der Waals surface area (Å²) < 4.78 is 4.85. The Balaban J connectivity index is 2.40. The monoisotopic (exact) mass is 278 g/mol. The normalized spacial score (nSPS) is 9.56. The quantitative estimate of drug-likeness (QED) is 0.368. The van der Waals surface area contributed by atoms with Crippen LogP contribution in [0.2, 0.25) is 0 Å². The molecule has 1 aromatic rings. The van der Waals surface area contributed by atoms with E-state index in [0.29, 0.717) is 0 Å². The van der Waals surface area contributed by atoms with E-state index >= 15 is 0 Å². The summed E-state index contributed by atoms with van der Waals surface area (Å²) >= 11 is 3.22. The summed E-state index contributed by atoms with van der Waals surface area (Å²) in [5.74, 6) is 4.64. The van der Waals surface area contributed by atoms with Gasteiger partial charge in [0.15, 0.2) is 0 Å². The molecule has 0 saturated carbocycles. The number of carbonyl (C=O) groups is 1. The first kappa shape index (κ1) is 12.5. The topological polar surface area (TPSA) is 26.3 Å². The number of rotatable bonds is 3. The highest BCUT2D eigenvalue weighted by Crippen LogP contribution is 1.94. The van der Waals surface area contributed by atoms with Crippen molar-refractivity contribution in [3.8, 4) is 11.8 Å². The SMILES string of the molecule is O=C(C#Cc1ccccc1)OC/C=C/CBr. The number of ether oxygens (including phenoxy) is 1. The van der Waals surface area contributed by atoms with Crippen LogP contribution in [-0.2, 0) is 9.53 Å². The number of hydrogen-bond donors (Lipinski definition) is 0. The average molecular weight is 279 g/mol. The average Bonchev–Trinajstić information content (AvgIpc) is 2.33. The van der Waals surface area contributed by atoms with Crippen molar-refractivity contribution in [1.29, 1.82) is 0 Å². The predicted octanol–water partition coefficient (Wildman–Crippen LogP) is 2.53. The molecule has 0 N–H and O–H groups in total. The minimum Gasteiger partial charge on any atom is -0.452 e. The van der Waals surface area contributed by atoms with Crippen LogP contribution in [0.3, 0.4) is 0 Å². The van der Waals surface area contributed by atoms with Gasteiger partial charge in [0.25, 0.3) is 0 Å². The van der Waals surface area contributed by atoms with Crippen molar-refractivity contribution in [3.05, 3.63) is 48.0 Å². The number of hydrogen-bond acceptors (Lipinski definition) is 2. The first-order valence-electron chi connectivity index (χ1n) is 4.77. The van der Waals surface area contributed by atoms with E-state index in [0.717, 1.165) is 10.9 Å². The van der Waals surface area contributed by atoms with E-state index in [2.05, 4.69) is 27.8 Å². The molecule has 0 aliphatic carbocycles. The van der Waals surface area contributed by atoms with Gasteiger partial charge in [-0.2, -0.15) is 0 Å². The maximum Gasteiger partial charge on any atom is 0.385 e. The molecule has 0 aromatic heterocycles. The van der Waals surface area contributed by atoms with Gasteiger partial charge in [-0.25, -0.2) is 4.79 Å². The van der Waals surface area contributed by atoms with Gasteiger partial charge in [0.2, 0.25) is 0 Å². The Hall–Kier alpha value is -1.53. The van der Waals surface area contributed by atoms with Crippen molar-refractivity contribution < 1.29 is 9.53 Å². The fourth-order valence-electron chi connectivity index (χ4n) is 0.936. The molecule has 0 radical (unpaired) electrons. The minimum atomic E-state index is -0.511. The third-order valence-corrected chi connectivity index (χ3v) is 2.02. The lowest BCUT2D eigenvalue weighted by atomic mass is 10.2. The van der Waals surface area contributed by atoms with Gasteiger partial charge in [0, 0.05) is 16.8 Å². The zero-order valence-electron chi connectivity index (χ0n) is 8.65. The number of alkyl halides is 1. The Labute approximate surface area is 103 Å². The molecule has 0 aliphatic heterocycles. The molecular weight excluding hydrogens is 268 g/mol. The van der Waals surface area contributed by atoms with Crippen LogP contribution in [0.1, 0.15) is 5.56 Å². The summed E-state index contributed by atoms with van der Waals surface area (Å²) in [5.41, 5.74) is 0.801. The molecular formula is C13H11BrO2. The molecule has 0 bridgehead atoms. The Morgan fingerprint density at radius 1 is 1.31 bits per heavy atom. The van der Waals surface area contributed by atoms with Crippen LogP contribution in [0.5, 0.6) is 0 Å². The second kappa shape index (κ2) is 7.72. The molecule has 1 rings (SSSR count). The zero-order valence-corrected chi connectivity index (χ0v) is 10.2. The van der Waals surface area contributed by atoms with Gasteiger partial charge in [-0.1, -0.05) is 52.2 Å². The van der Waals surface area contributed by atoms with Crippen LogP contribution >= 0.6 is 15.9 Å². The molecule has 82 valence electrons. The first-order chi connectivity index (χ1) is 7.83. The van der Waals surface area contributed by atoms with Gasteiger partial charge in [0.05, 0.1) is 0 Å². The molecule has 0 fully saturated rings. The van der Waals surface area contributed by atoms with E-state index in [1.54, 1.807) is 6.08 Å². The number of benzene rings is 1. The van der Waals surface area contributed by atoms with E-state index in [-0.39, 0.29) is 6.61 Å².